The van der Waals surface area contributed by atoms with Crippen LogP contribution in [0.4, 0.5) is 10.5 Å². The van der Waals surface area contributed by atoms with Crippen molar-refractivity contribution < 1.29 is 19.4 Å². The lowest BCUT2D eigenvalue weighted by atomic mass is 9.89. The SMILES string of the molecule is COc1ccc([C@@H]2CN(CC(=O)O)CC[C@H]2NC(=O)Nc2ccc(Cl)cc2)nc1. The minimum Gasteiger partial charge on any atom is -0.495 e. The predicted molar refractivity (Wildman–Crippen MR) is 110 cm³/mol. The van der Waals surface area contributed by atoms with Gasteiger partial charge in [-0.25, -0.2) is 4.79 Å². The summed E-state index contributed by atoms with van der Waals surface area (Å²) >= 11 is 5.87. The van der Waals surface area contributed by atoms with Gasteiger partial charge in [-0.1, -0.05) is 11.6 Å². The van der Waals surface area contributed by atoms with Gasteiger partial charge < -0.3 is 20.5 Å². The predicted octanol–water partition coefficient (Wildman–Crippen LogP) is 2.81. The first-order chi connectivity index (χ1) is 13.9. The van der Waals surface area contributed by atoms with E-state index in [0.717, 1.165) is 5.69 Å². The first kappa shape index (κ1) is 20.9. The van der Waals surface area contributed by atoms with E-state index >= 15 is 0 Å². The largest absolute Gasteiger partial charge is 0.495 e. The number of hydrogen-bond acceptors (Lipinski definition) is 5. The number of nitrogens with one attached hydrogen (secondary N) is 2. The molecule has 1 fully saturated rings. The highest BCUT2D eigenvalue weighted by molar-refractivity contribution is 6.30. The fraction of sp³-hybridized carbons (Fsp3) is 0.350. The molecule has 9 heteroatoms. The van der Waals surface area contributed by atoms with Crippen LogP contribution < -0.4 is 15.4 Å². The number of anilines is 1. The Morgan fingerprint density at radius 1 is 1.28 bits per heavy atom. The van der Waals surface area contributed by atoms with Crippen LogP contribution in [0, 0.1) is 0 Å². The van der Waals surface area contributed by atoms with Gasteiger partial charge in [-0.2, -0.15) is 0 Å². The van der Waals surface area contributed by atoms with Crippen molar-refractivity contribution in [3.8, 4) is 5.75 Å². The first-order valence-corrected chi connectivity index (χ1v) is 9.59. The van der Waals surface area contributed by atoms with Crippen molar-refractivity contribution in [3.63, 3.8) is 0 Å². The number of methoxy groups -OCH3 is 1. The summed E-state index contributed by atoms with van der Waals surface area (Å²) < 4.78 is 5.16. The Morgan fingerprint density at radius 2 is 2.03 bits per heavy atom. The standard InChI is InChI=1S/C20H23ClN4O4/c1-29-15-6-7-17(22-10-15)16-11-25(12-19(26)27)9-8-18(16)24-20(28)23-14-4-2-13(21)3-5-14/h2-7,10,16,18H,8-9,11-12H2,1H3,(H,26,27)(H2,23,24,28)/t16-,18+/m0/s1. The topological polar surface area (TPSA) is 104 Å². The van der Waals surface area contributed by atoms with Crippen molar-refractivity contribution >= 4 is 29.3 Å². The number of amides is 2. The van der Waals surface area contributed by atoms with Gasteiger partial charge in [-0.05, 0) is 42.8 Å². The van der Waals surface area contributed by atoms with E-state index in [4.69, 9.17) is 21.4 Å². The normalized spacial score (nSPS) is 19.4. The number of carboxylic acids is 1. The molecule has 2 heterocycles. The summed E-state index contributed by atoms with van der Waals surface area (Å²) in [6.07, 6.45) is 2.23. The first-order valence-electron chi connectivity index (χ1n) is 9.22. The van der Waals surface area contributed by atoms with Crippen LogP contribution in [-0.4, -0.2) is 59.8 Å². The molecular formula is C20H23ClN4O4. The zero-order chi connectivity index (χ0) is 20.8. The van der Waals surface area contributed by atoms with Crippen LogP contribution in [0.25, 0.3) is 0 Å². The maximum atomic E-state index is 12.5. The molecule has 0 unspecified atom stereocenters. The van der Waals surface area contributed by atoms with Gasteiger partial charge in [0.1, 0.15) is 5.75 Å². The average molecular weight is 419 g/mol. The molecule has 1 saturated heterocycles. The van der Waals surface area contributed by atoms with Crippen LogP contribution in [0.1, 0.15) is 18.0 Å². The third-order valence-corrected chi connectivity index (χ3v) is 5.10. The van der Waals surface area contributed by atoms with E-state index in [1.54, 1.807) is 37.6 Å². The zero-order valence-electron chi connectivity index (χ0n) is 16.0. The molecule has 1 aromatic carbocycles. The van der Waals surface area contributed by atoms with Crippen LogP contribution in [-0.2, 0) is 4.79 Å². The molecule has 154 valence electrons. The van der Waals surface area contributed by atoms with E-state index in [0.29, 0.717) is 36.0 Å². The van der Waals surface area contributed by atoms with Gasteiger partial charge in [0, 0.05) is 41.5 Å². The molecule has 0 bridgehead atoms. The Morgan fingerprint density at radius 3 is 2.66 bits per heavy atom. The van der Waals surface area contributed by atoms with Crippen LogP contribution in [0.15, 0.2) is 42.6 Å². The summed E-state index contributed by atoms with van der Waals surface area (Å²) in [4.78, 5) is 29.9. The van der Waals surface area contributed by atoms with Crippen LogP contribution in [0.5, 0.6) is 5.75 Å². The van der Waals surface area contributed by atoms with Crippen molar-refractivity contribution in [1.29, 1.82) is 0 Å². The molecule has 29 heavy (non-hydrogen) atoms. The van der Waals surface area contributed by atoms with E-state index in [1.165, 1.54) is 0 Å². The molecule has 0 aliphatic carbocycles. The Kier molecular flexibility index (Phi) is 6.90. The Labute approximate surface area is 173 Å². The van der Waals surface area contributed by atoms with E-state index < -0.39 is 5.97 Å². The van der Waals surface area contributed by atoms with Gasteiger partial charge in [-0.15, -0.1) is 0 Å². The second kappa shape index (κ2) is 9.58. The number of carbonyl (C=O) groups excluding carboxylic acids is 1. The maximum Gasteiger partial charge on any atom is 0.319 e. The number of piperidine rings is 1. The number of ether oxygens (including phenoxy) is 1. The van der Waals surface area contributed by atoms with Crippen molar-refractivity contribution in [2.24, 2.45) is 0 Å². The van der Waals surface area contributed by atoms with E-state index in [1.807, 2.05) is 17.0 Å². The van der Waals surface area contributed by atoms with Gasteiger partial charge in [0.2, 0.25) is 0 Å². The fourth-order valence-electron chi connectivity index (χ4n) is 3.43. The average Bonchev–Trinajstić information content (AvgIpc) is 2.70. The summed E-state index contributed by atoms with van der Waals surface area (Å²) in [7, 11) is 1.57. The highest BCUT2D eigenvalue weighted by Gasteiger charge is 2.33. The minimum absolute atomic E-state index is 0.0453. The molecule has 1 aliphatic heterocycles. The number of aromatic nitrogens is 1. The molecule has 8 nitrogen and oxygen atoms in total. The zero-order valence-corrected chi connectivity index (χ0v) is 16.7. The van der Waals surface area contributed by atoms with Crippen molar-refractivity contribution in [2.75, 3.05) is 32.1 Å². The summed E-state index contributed by atoms with van der Waals surface area (Å²) in [6, 6.07) is 9.98. The second-order valence-electron chi connectivity index (χ2n) is 6.86. The molecule has 2 amide bonds. The molecule has 0 radical (unpaired) electrons. The van der Waals surface area contributed by atoms with Crippen molar-refractivity contribution in [1.82, 2.24) is 15.2 Å². The summed E-state index contributed by atoms with van der Waals surface area (Å²) in [5.41, 5.74) is 1.41. The van der Waals surface area contributed by atoms with E-state index in [-0.39, 0.29) is 24.5 Å². The third-order valence-electron chi connectivity index (χ3n) is 4.85. The van der Waals surface area contributed by atoms with Gasteiger partial charge in [0.05, 0.1) is 19.9 Å². The summed E-state index contributed by atoms with van der Waals surface area (Å²) in [5, 5.41) is 15.5. The number of urea groups is 1. The number of likely N-dealkylation sites (tertiary alicyclic amines) is 1. The third kappa shape index (κ3) is 5.82. The number of nitrogens with zero attached hydrogens (tertiary/aromatic N) is 2. The molecule has 1 aromatic heterocycles. The number of pyridine rings is 1. The molecule has 0 saturated carbocycles. The van der Waals surface area contributed by atoms with E-state index in [9.17, 15) is 9.59 Å². The van der Waals surface area contributed by atoms with Crippen molar-refractivity contribution in [3.05, 3.63) is 53.3 Å². The highest BCUT2D eigenvalue weighted by Crippen LogP contribution is 2.27. The Bertz CT molecular complexity index is 845. The number of carboxylic acid groups (broad SMARTS) is 1. The fourth-order valence-corrected chi connectivity index (χ4v) is 3.55. The summed E-state index contributed by atoms with van der Waals surface area (Å²) in [6.45, 7) is 1.01. The summed E-state index contributed by atoms with van der Waals surface area (Å²) in [5.74, 6) is -0.389. The van der Waals surface area contributed by atoms with Crippen LogP contribution in [0.3, 0.4) is 0 Å². The van der Waals surface area contributed by atoms with Gasteiger partial charge in [0.25, 0.3) is 0 Å². The Balaban J connectivity index is 1.72. The maximum absolute atomic E-state index is 12.5. The van der Waals surface area contributed by atoms with Crippen LogP contribution >= 0.6 is 11.6 Å². The van der Waals surface area contributed by atoms with E-state index in [2.05, 4.69) is 15.6 Å². The Hall–Kier alpha value is -2.84. The molecule has 3 rings (SSSR count). The number of benzene rings is 1. The lowest BCUT2D eigenvalue weighted by Crippen LogP contribution is -2.51. The van der Waals surface area contributed by atoms with Crippen molar-refractivity contribution in [2.45, 2.75) is 18.4 Å². The molecule has 2 atom stereocenters. The minimum atomic E-state index is -0.877. The number of halogens is 1. The molecular weight excluding hydrogens is 396 g/mol. The monoisotopic (exact) mass is 418 g/mol. The molecule has 1 aliphatic rings. The molecule has 0 spiro atoms. The highest BCUT2D eigenvalue weighted by atomic mass is 35.5. The van der Waals surface area contributed by atoms with Gasteiger partial charge >= 0.3 is 12.0 Å². The number of carbonyl (C=O) groups is 2. The number of rotatable bonds is 6. The number of aliphatic carboxylic acids is 1. The number of hydrogen-bond donors (Lipinski definition) is 3. The molecule has 3 N–H and O–H groups in total. The van der Waals surface area contributed by atoms with Gasteiger partial charge in [0.15, 0.2) is 0 Å². The van der Waals surface area contributed by atoms with Crippen LogP contribution in [0.2, 0.25) is 5.02 Å². The lowest BCUT2D eigenvalue weighted by molar-refractivity contribution is -0.138. The smallest absolute Gasteiger partial charge is 0.319 e. The molecule has 2 aromatic rings. The second-order valence-corrected chi connectivity index (χ2v) is 7.30. The lowest BCUT2D eigenvalue weighted by Gasteiger charge is -2.38. The quantitative estimate of drug-likeness (QED) is 0.666. The van der Waals surface area contributed by atoms with Gasteiger partial charge in [-0.3, -0.25) is 14.7 Å².